The summed E-state index contributed by atoms with van der Waals surface area (Å²) < 4.78 is 6.01. The third-order valence-corrected chi connectivity index (χ3v) is 2.83. The first-order valence-electron chi connectivity index (χ1n) is 5.12. The van der Waals surface area contributed by atoms with E-state index in [1.807, 2.05) is 18.2 Å². The highest BCUT2D eigenvalue weighted by Crippen LogP contribution is 2.28. The molecule has 1 aromatic heterocycles. The molecule has 1 heterocycles. The van der Waals surface area contributed by atoms with E-state index in [2.05, 4.69) is 36.6 Å². The van der Waals surface area contributed by atoms with Gasteiger partial charge in [-0.25, -0.2) is 10.8 Å². The van der Waals surface area contributed by atoms with Crippen molar-refractivity contribution in [1.82, 2.24) is 9.97 Å². The topological polar surface area (TPSA) is 85.1 Å². The minimum atomic E-state index is 0.493. The quantitative estimate of drug-likeness (QED) is 0.593. The Morgan fingerprint density at radius 3 is 2.72 bits per heavy atom. The highest BCUT2D eigenvalue weighted by molar-refractivity contribution is 9.10. The Balaban J connectivity index is 2.20. The Kier molecular flexibility index (Phi) is 3.96. The normalized spacial score (nSPS) is 9.94. The van der Waals surface area contributed by atoms with Crippen LogP contribution in [-0.2, 0) is 0 Å². The van der Waals surface area contributed by atoms with Crippen LogP contribution in [0.1, 0.15) is 0 Å². The first-order valence-corrected chi connectivity index (χ1v) is 5.91. The molecule has 2 aromatic rings. The number of ether oxygens (including phenoxy) is 1. The van der Waals surface area contributed by atoms with Crippen LogP contribution in [0.25, 0.3) is 0 Å². The lowest BCUT2D eigenvalue weighted by Crippen LogP contribution is -2.09. The number of hydrogen-bond acceptors (Lipinski definition) is 6. The van der Waals surface area contributed by atoms with E-state index in [0.29, 0.717) is 11.6 Å². The first kappa shape index (κ1) is 12.6. The maximum absolute atomic E-state index is 5.27. The summed E-state index contributed by atoms with van der Waals surface area (Å²) in [6.45, 7) is 0. The van der Waals surface area contributed by atoms with Crippen molar-refractivity contribution in [2.24, 2.45) is 5.84 Å². The van der Waals surface area contributed by atoms with Crippen LogP contribution in [0.4, 0.5) is 17.3 Å². The molecule has 4 N–H and O–H groups in total. The lowest BCUT2D eigenvalue weighted by Gasteiger charge is -2.09. The molecule has 2 rings (SSSR count). The van der Waals surface area contributed by atoms with Gasteiger partial charge in [-0.3, -0.25) is 4.98 Å². The van der Waals surface area contributed by atoms with Crippen LogP contribution < -0.4 is 21.3 Å². The molecule has 0 aliphatic carbocycles. The van der Waals surface area contributed by atoms with Crippen molar-refractivity contribution in [3.8, 4) is 5.75 Å². The maximum atomic E-state index is 5.27. The lowest BCUT2D eigenvalue weighted by molar-refractivity contribution is 0.412. The number of rotatable bonds is 4. The summed E-state index contributed by atoms with van der Waals surface area (Å²) in [6, 6.07) is 5.63. The molecule has 0 atom stereocenters. The van der Waals surface area contributed by atoms with Crippen LogP contribution in [0.15, 0.2) is 35.1 Å². The molecule has 0 fully saturated rings. The van der Waals surface area contributed by atoms with E-state index in [9.17, 15) is 0 Å². The number of anilines is 3. The Labute approximate surface area is 113 Å². The van der Waals surface area contributed by atoms with Gasteiger partial charge in [0, 0.05) is 5.69 Å². The zero-order valence-electron chi connectivity index (χ0n) is 9.64. The smallest absolute Gasteiger partial charge is 0.160 e. The minimum Gasteiger partial charge on any atom is -0.496 e. The number of benzene rings is 1. The van der Waals surface area contributed by atoms with Crippen molar-refractivity contribution in [3.63, 3.8) is 0 Å². The van der Waals surface area contributed by atoms with Crippen LogP contribution in [-0.4, -0.2) is 17.1 Å². The standard InChI is InChI=1S/C11H12BrN5O/c1-18-9-3-2-7(4-8(9)12)15-10-5-14-6-11(16-10)17-13/h2-6H,13H2,1H3,(H2,15,16,17). The number of nitrogens with one attached hydrogen (secondary N) is 2. The van der Waals surface area contributed by atoms with Gasteiger partial charge in [0.1, 0.15) is 5.75 Å². The summed E-state index contributed by atoms with van der Waals surface area (Å²) >= 11 is 3.42. The maximum Gasteiger partial charge on any atom is 0.160 e. The summed E-state index contributed by atoms with van der Waals surface area (Å²) in [4.78, 5) is 8.21. The molecular weight excluding hydrogens is 298 g/mol. The third-order valence-electron chi connectivity index (χ3n) is 2.21. The Bertz CT molecular complexity index is 549. The molecule has 94 valence electrons. The molecule has 6 nitrogen and oxygen atoms in total. The number of nitrogen functional groups attached to an aromatic ring is 1. The van der Waals surface area contributed by atoms with E-state index < -0.39 is 0 Å². The molecule has 1 aromatic carbocycles. The molecule has 0 amide bonds. The fourth-order valence-corrected chi connectivity index (χ4v) is 1.93. The van der Waals surface area contributed by atoms with Gasteiger partial charge in [0.2, 0.25) is 0 Å². The van der Waals surface area contributed by atoms with Gasteiger partial charge in [0.15, 0.2) is 11.6 Å². The van der Waals surface area contributed by atoms with Gasteiger partial charge in [-0.15, -0.1) is 0 Å². The van der Waals surface area contributed by atoms with Gasteiger partial charge in [-0.05, 0) is 34.1 Å². The van der Waals surface area contributed by atoms with Crippen molar-refractivity contribution in [3.05, 3.63) is 35.1 Å². The first-order chi connectivity index (χ1) is 8.72. The second-order valence-electron chi connectivity index (χ2n) is 3.41. The van der Waals surface area contributed by atoms with E-state index in [0.717, 1.165) is 15.9 Å². The molecule has 7 heteroatoms. The van der Waals surface area contributed by atoms with E-state index in [1.54, 1.807) is 13.3 Å². The van der Waals surface area contributed by atoms with Crippen LogP contribution in [0.3, 0.4) is 0 Å². The van der Waals surface area contributed by atoms with Crippen LogP contribution >= 0.6 is 15.9 Å². The molecule has 0 saturated carbocycles. The van der Waals surface area contributed by atoms with Gasteiger partial charge in [0.25, 0.3) is 0 Å². The van der Waals surface area contributed by atoms with Gasteiger partial charge >= 0.3 is 0 Å². The second kappa shape index (κ2) is 5.65. The number of nitrogens with two attached hydrogens (primary N) is 1. The fourth-order valence-electron chi connectivity index (χ4n) is 1.39. The highest BCUT2D eigenvalue weighted by Gasteiger charge is 2.03. The molecule has 0 aliphatic rings. The number of nitrogens with zero attached hydrogens (tertiary/aromatic N) is 2. The van der Waals surface area contributed by atoms with Crippen molar-refractivity contribution < 1.29 is 4.74 Å². The van der Waals surface area contributed by atoms with E-state index in [4.69, 9.17) is 10.6 Å². The van der Waals surface area contributed by atoms with Crippen LogP contribution in [0, 0.1) is 0 Å². The van der Waals surface area contributed by atoms with Crippen LogP contribution in [0.2, 0.25) is 0 Å². The van der Waals surface area contributed by atoms with Crippen molar-refractivity contribution >= 4 is 33.3 Å². The fraction of sp³-hybridized carbons (Fsp3) is 0.0909. The number of methoxy groups -OCH3 is 1. The van der Waals surface area contributed by atoms with Crippen LogP contribution in [0.5, 0.6) is 5.75 Å². The zero-order chi connectivity index (χ0) is 13.0. The summed E-state index contributed by atoms with van der Waals surface area (Å²) in [7, 11) is 1.62. The SMILES string of the molecule is COc1ccc(Nc2cncc(NN)n2)cc1Br. The molecule has 0 saturated heterocycles. The zero-order valence-corrected chi connectivity index (χ0v) is 11.2. The Hall–Kier alpha value is -1.86. The summed E-state index contributed by atoms with van der Waals surface area (Å²) in [5, 5.41) is 3.12. The second-order valence-corrected chi connectivity index (χ2v) is 4.26. The minimum absolute atomic E-state index is 0.493. The monoisotopic (exact) mass is 309 g/mol. The summed E-state index contributed by atoms with van der Waals surface area (Å²) in [5.74, 6) is 7.13. The Morgan fingerprint density at radius 2 is 2.06 bits per heavy atom. The summed E-state index contributed by atoms with van der Waals surface area (Å²) in [5.41, 5.74) is 3.31. The van der Waals surface area contributed by atoms with E-state index in [-0.39, 0.29) is 0 Å². The average Bonchev–Trinajstić information content (AvgIpc) is 2.39. The van der Waals surface area contributed by atoms with Crippen molar-refractivity contribution in [2.45, 2.75) is 0 Å². The van der Waals surface area contributed by atoms with E-state index >= 15 is 0 Å². The number of hydrogen-bond donors (Lipinski definition) is 3. The Morgan fingerprint density at radius 1 is 1.28 bits per heavy atom. The number of aromatic nitrogens is 2. The van der Waals surface area contributed by atoms with E-state index in [1.165, 1.54) is 6.20 Å². The van der Waals surface area contributed by atoms with Gasteiger partial charge in [-0.1, -0.05) is 0 Å². The molecule has 0 spiro atoms. The largest absolute Gasteiger partial charge is 0.496 e. The molecular formula is C11H12BrN5O. The van der Waals surface area contributed by atoms with Crippen molar-refractivity contribution in [2.75, 3.05) is 17.9 Å². The van der Waals surface area contributed by atoms with Gasteiger partial charge < -0.3 is 15.5 Å². The third kappa shape index (κ3) is 2.88. The van der Waals surface area contributed by atoms with Crippen molar-refractivity contribution in [1.29, 1.82) is 0 Å². The molecule has 0 aliphatic heterocycles. The van der Waals surface area contributed by atoms with Gasteiger partial charge in [-0.2, -0.15) is 0 Å². The summed E-state index contributed by atoms with van der Waals surface area (Å²) in [6.07, 6.45) is 3.15. The number of halogens is 1. The molecule has 0 bridgehead atoms. The molecule has 0 radical (unpaired) electrons. The highest BCUT2D eigenvalue weighted by atomic mass is 79.9. The number of hydrazine groups is 1. The van der Waals surface area contributed by atoms with Gasteiger partial charge in [0.05, 0.1) is 24.0 Å². The average molecular weight is 310 g/mol. The predicted molar refractivity (Wildman–Crippen MR) is 73.8 cm³/mol. The lowest BCUT2D eigenvalue weighted by atomic mass is 10.3. The molecule has 0 unspecified atom stereocenters. The predicted octanol–water partition coefficient (Wildman–Crippen LogP) is 2.28. The molecule has 18 heavy (non-hydrogen) atoms.